The fourth-order valence-corrected chi connectivity index (χ4v) is 3.75. The number of imide groups is 1. The van der Waals surface area contributed by atoms with Gasteiger partial charge in [-0.1, -0.05) is 13.0 Å². The van der Waals surface area contributed by atoms with Crippen LogP contribution in [0.1, 0.15) is 12.5 Å². The molecule has 28 heavy (non-hydrogen) atoms. The maximum Gasteiger partial charge on any atom is 0.272 e. The zero-order valence-corrected chi connectivity index (χ0v) is 16.2. The highest BCUT2D eigenvalue weighted by Gasteiger charge is 2.40. The summed E-state index contributed by atoms with van der Waals surface area (Å²) in [5.41, 5.74) is 0.623. The maximum absolute atomic E-state index is 13.7. The topological polar surface area (TPSA) is 55.8 Å². The fraction of sp³-hybridized carbons (Fsp3) is 0.200. The van der Waals surface area contributed by atoms with Gasteiger partial charge in [0.05, 0.1) is 30.4 Å². The van der Waals surface area contributed by atoms with Crippen molar-refractivity contribution in [3.05, 3.63) is 58.5 Å². The van der Waals surface area contributed by atoms with Crippen molar-refractivity contribution in [2.75, 3.05) is 24.9 Å². The van der Waals surface area contributed by atoms with Crippen molar-refractivity contribution in [2.45, 2.75) is 6.92 Å². The molecule has 0 atom stereocenters. The molecule has 0 N–H and O–H groups in total. The van der Waals surface area contributed by atoms with E-state index in [1.165, 1.54) is 32.0 Å². The molecule has 0 bridgehead atoms. The average molecular weight is 405 g/mol. The van der Waals surface area contributed by atoms with Crippen LogP contribution in [0.4, 0.5) is 14.5 Å². The Bertz CT molecular complexity index is 990. The third-order valence-corrected chi connectivity index (χ3v) is 5.12. The second kappa shape index (κ2) is 8.02. The number of methoxy groups -OCH3 is 2. The van der Waals surface area contributed by atoms with E-state index in [1.54, 1.807) is 18.2 Å². The van der Waals surface area contributed by atoms with Crippen LogP contribution in [0.2, 0.25) is 0 Å². The van der Waals surface area contributed by atoms with Crippen molar-refractivity contribution in [3.8, 4) is 11.5 Å². The summed E-state index contributed by atoms with van der Waals surface area (Å²) in [4.78, 5) is 27.1. The first-order valence-electron chi connectivity index (χ1n) is 8.36. The molecular formula is C20H17F2NO4S. The van der Waals surface area contributed by atoms with Crippen molar-refractivity contribution in [2.24, 2.45) is 0 Å². The van der Waals surface area contributed by atoms with Crippen LogP contribution in [0.5, 0.6) is 11.5 Å². The Labute approximate surface area is 164 Å². The van der Waals surface area contributed by atoms with Crippen LogP contribution in [0, 0.1) is 11.6 Å². The van der Waals surface area contributed by atoms with E-state index in [0.717, 1.165) is 17.0 Å². The number of benzene rings is 2. The van der Waals surface area contributed by atoms with Crippen molar-refractivity contribution in [3.63, 3.8) is 0 Å². The summed E-state index contributed by atoms with van der Waals surface area (Å²) in [6.07, 6.45) is 0. The van der Waals surface area contributed by atoms with Crippen LogP contribution >= 0.6 is 11.8 Å². The van der Waals surface area contributed by atoms with Crippen LogP contribution in [0.25, 0.3) is 5.57 Å². The second-order valence-corrected chi connectivity index (χ2v) is 7.03. The Hall–Kier alpha value is -2.87. The van der Waals surface area contributed by atoms with E-state index in [4.69, 9.17) is 9.47 Å². The van der Waals surface area contributed by atoms with Crippen molar-refractivity contribution in [1.82, 2.24) is 0 Å². The SMILES string of the molecule is CCSC1=C(c2ccc(OC)c(OC)c2)C(=O)N(c2ccc(F)c(F)c2)C1=O. The summed E-state index contributed by atoms with van der Waals surface area (Å²) in [6, 6.07) is 7.79. The lowest BCUT2D eigenvalue weighted by Gasteiger charge is -2.15. The van der Waals surface area contributed by atoms with Crippen LogP contribution in [-0.4, -0.2) is 31.8 Å². The van der Waals surface area contributed by atoms with Gasteiger partial charge in [0.15, 0.2) is 23.1 Å². The number of thioether (sulfide) groups is 1. The molecule has 2 amide bonds. The summed E-state index contributed by atoms with van der Waals surface area (Å²) >= 11 is 1.21. The predicted octanol–water partition coefficient (Wildman–Crippen LogP) is 4.02. The number of rotatable bonds is 6. The molecule has 0 aromatic heterocycles. The number of carbonyl (C=O) groups is 2. The molecule has 1 aliphatic heterocycles. The highest BCUT2D eigenvalue weighted by Crippen LogP contribution is 2.40. The molecule has 0 radical (unpaired) electrons. The molecule has 1 heterocycles. The highest BCUT2D eigenvalue weighted by molar-refractivity contribution is 8.04. The average Bonchev–Trinajstić information content (AvgIpc) is 2.93. The van der Waals surface area contributed by atoms with Gasteiger partial charge in [-0.15, -0.1) is 11.8 Å². The van der Waals surface area contributed by atoms with Crippen LogP contribution < -0.4 is 14.4 Å². The summed E-state index contributed by atoms with van der Waals surface area (Å²) in [5, 5.41) is 0. The van der Waals surface area contributed by atoms with Crippen molar-refractivity contribution < 1.29 is 27.8 Å². The Morgan fingerprint density at radius 3 is 2.25 bits per heavy atom. The monoisotopic (exact) mass is 405 g/mol. The van der Waals surface area contributed by atoms with Crippen molar-refractivity contribution >= 4 is 34.8 Å². The number of hydrogen-bond acceptors (Lipinski definition) is 5. The van der Waals surface area contributed by atoms with E-state index in [2.05, 4.69) is 0 Å². The standard InChI is InChI=1S/C20H17F2NO4S/c1-4-28-18-17(11-5-8-15(26-2)16(9-11)27-3)19(24)23(20(18)25)12-6-7-13(21)14(22)10-12/h5-10H,4H2,1-3H3. The molecule has 0 unspecified atom stereocenters. The quantitative estimate of drug-likeness (QED) is 0.680. The van der Waals surface area contributed by atoms with Gasteiger partial charge in [0.1, 0.15) is 0 Å². The first-order valence-corrected chi connectivity index (χ1v) is 9.34. The first-order chi connectivity index (χ1) is 13.4. The normalized spacial score (nSPS) is 14.1. The lowest BCUT2D eigenvalue weighted by molar-refractivity contribution is -0.119. The van der Waals surface area contributed by atoms with Gasteiger partial charge in [0, 0.05) is 6.07 Å². The molecule has 1 aliphatic rings. The molecule has 0 spiro atoms. The molecule has 2 aromatic rings. The van der Waals surface area contributed by atoms with Gasteiger partial charge in [-0.25, -0.2) is 13.7 Å². The van der Waals surface area contributed by atoms with E-state index < -0.39 is 23.4 Å². The van der Waals surface area contributed by atoms with Crippen LogP contribution in [0.3, 0.4) is 0 Å². The third kappa shape index (κ3) is 3.35. The summed E-state index contributed by atoms with van der Waals surface area (Å²) in [5.74, 6) is -1.95. The number of halogens is 2. The zero-order chi connectivity index (χ0) is 20.4. The lowest BCUT2D eigenvalue weighted by Crippen LogP contribution is -2.31. The van der Waals surface area contributed by atoms with Gasteiger partial charge in [-0.05, 0) is 35.6 Å². The summed E-state index contributed by atoms with van der Waals surface area (Å²) in [7, 11) is 2.96. The number of amides is 2. The minimum atomic E-state index is -1.14. The number of ether oxygens (including phenoxy) is 2. The number of nitrogens with zero attached hydrogens (tertiary/aromatic N) is 1. The molecule has 0 saturated heterocycles. The maximum atomic E-state index is 13.7. The summed E-state index contributed by atoms with van der Waals surface area (Å²) in [6.45, 7) is 1.85. The zero-order valence-electron chi connectivity index (χ0n) is 15.4. The van der Waals surface area contributed by atoms with E-state index in [-0.39, 0.29) is 16.2 Å². The lowest BCUT2D eigenvalue weighted by atomic mass is 10.1. The molecule has 0 fully saturated rings. The van der Waals surface area contributed by atoms with E-state index >= 15 is 0 Å². The van der Waals surface area contributed by atoms with E-state index in [1.807, 2.05) is 6.92 Å². The highest BCUT2D eigenvalue weighted by atomic mass is 32.2. The van der Waals surface area contributed by atoms with Crippen LogP contribution in [0.15, 0.2) is 41.3 Å². The molecule has 3 rings (SSSR count). The molecule has 0 aliphatic carbocycles. The van der Waals surface area contributed by atoms with Gasteiger partial charge in [-0.2, -0.15) is 0 Å². The third-order valence-electron chi connectivity index (χ3n) is 4.16. The number of carbonyl (C=O) groups excluding carboxylic acids is 2. The molecule has 0 saturated carbocycles. The molecule has 146 valence electrons. The Morgan fingerprint density at radius 1 is 0.929 bits per heavy atom. The van der Waals surface area contributed by atoms with Gasteiger partial charge >= 0.3 is 0 Å². The smallest absolute Gasteiger partial charge is 0.272 e. The molecule has 8 heteroatoms. The molecule has 2 aromatic carbocycles. The minimum absolute atomic E-state index is 0.0291. The largest absolute Gasteiger partial charge is 0.493 e. The second-order valence-electron chi connectivity index (χ2n) is 5.75. The number of hydrogen-bond donors (Lipinski definition) is 0. The van der Waals surface area contributed by atoms with Gasteiger partial charge < -0.3 is 9.47 Å². The van der Waals surface area contributed by atoms with Gasteiger partial charge in [0.2, 0.25) is 0 Å². The van der Waals surface area contributed by atoms with Gasteiger partial charge in [0.25, 0.3) is 11.8 Å². The Morgan fingerprint density at radius 2 is 1.64 bits per heavy atom. The molecular weight excluding hydrogens is 388 g/mol. The predicted molar refractivity (Wildman–Crippen MR) is 103 cm³/mol. The summed E-state index contributed by atoms with van der Waals surface area (Å²) < 4.78 is 37.4. The fourth-order valence-electron chi connectivity index (χ4n) is 2.89. The number of anilines is 1. The van der Waals surface area contributed by atoms with Crippen LogP contribution in [-0.2, 0) is 9.59 Å². The van der Waals surface area contributed by atoms with Gasteiger partial charge in [-0.3, -0.25) is 9.59 Å². The van der Waals surface area contributed by atoms with Crippen molar-refractivity contribution in [1.29, 1.82) is 0 Å². The minimum Gasteiger partial charge on any atom is -0.493 e. The Kier molecular flexibility index (Phi) is 5.69. The Balaban J connectivity index is 2.11. The molecule has 5 nitrogen and oxygen atoms in total. The first kappa shape index (κ1) is 19.9. The van der Waals surface area contributed by atoms with E-state index in [9.17, 15) is 18.4 Å². The van der Waals surface area contributed by atoms with E-state index in [0.29, 0.717) is 22.8 Å².